The Morgan fingerprint density at radius 2 is 2.00 bits per heavy atom. The van der Waals surface area contributed by atoms with Gasteiger partial charge in [0.25, 0.3) is 11.2 Å². The molecule has 2 rings (SSSR count). The number of nitro groups is 1. The van der Waals surface area contributed by atoms with E-state index < -0.39 is 16.4 Å². The standard InChI is InChI=1S/C13H13N3O4/c1-7(2)10-12(17)14-11(15-13(10)18)8-5-3-4-6-9(8)16(19)20/h3-7H,1-2H3,(H2,14,15,17,18). The van der Waals surface area contributed by atoms with Gasteiger partial charge in [0, 0.05) is 6.07 Å². The molecule has 0 saturated heterocycles. The number of nitrogens with zero attached hydrogens (tertiary/aromatic N) is 2. The van der Waals surface area contributed by atoms with Crippen LogP contribution >= 0.6 is 0 Å². The van der Waals surface area contributed by atoms with Gasteiger partial charge in [0.05, 0.1) is 16.1 Å². The third kappa shape index (κ3) is 2.37. The van der Waals surface area contributed by atoms with Gasteiger partial charge in [-0.15, -0.1) is 0 Å². The molecule has 0 atom stereocenters. The molecule has 0 spiro atoms. The van der Waals surface area contributed by atoms with Crippen molar-refractivity contribution in [3.63, 3.8) is 0 Å². The highest BCUT2D eigenvalue weighted by molar-refractivity contribution is 5.68. The summed E-state index contributed by atoms with van der Waals surface area (Å²) in [6, 6.07) is 5.88. The van der Waals surface area contributed by atoms with Crippen molar-refractivity contribution < 1.29 is 10.0 Å². The molecule has 0 fully saturated rings. The van der Waals surface area contributed by atoms with E-state index in [1.54, 1.807) is 19.9 Å². The third-order valence-electron chi connectivity index (χ3n) is 2.87. The molecule has 104 valence electrons. The van der Waals surface area contributed by atoms with E-state index in [9.17, 15) is 20.0 Å². The Hall–Kier alpha value is -2.70. The molecule has 1 aromatic heterocycles. The van der Waals surface area contributed by atoms with Crippen molar-refractivity contribution >= 4 is 5.69 Å². The highest BCUT2D eigenvalue weighted by Gasteiger charge is 2.20. The van der Waals surface area contributed by atoms with Crippen molar-refractivity contribution in [2.45, 2.75) is 19.8 Å². The Balaban J connectivity index is 2.67. The summed E-state index contributed by atoms with van der Waals surface area (Å²) in [5, 5.41) is 20.8. The molecule has 0 aliphatic heterocycles. The molecule has 0 saturated carbocycles. The SMILES string of the molecule is CC(C)c1c(O)nc(-c2ccccc2[N+](=O)[O-])[nH]c1=O. The summed E-state index contributed by atoms with van der Waals surface area (Å²) in [6.07, 6.45) is 0. The monoisotopic (exact) mass is 275 g/mol. The van der Waals surface area contributed by atoms with Gasteiger partial charge < -0.3 is 10.1 Å². The lowest BCUT2D eigenvalue weighted by Crippen LogP contribution is -2.16. The fraction of sp³-hybridized carbons (Fsp3) is 0.231. The predicted octanol–water partition coefficient (Wildman–Crippen LogP) is 2.17. The summed E-state index contributed by atoms with van der Waals surface area (Å²) in [5.41, 5.74) is -0.375. The molecule has 7 nitrogen and oxygen atoms in total. The second-order valence-electron chi connectivity index (χ2n) is 4.58. The zero-order valence-corrected chi connectivity index (χ0v) is 11.0. The zero-order valence-electron chi connectivity index (χ0n) is 11.0. The van der Waals surface area contributed by atoms with Gasteiger partial charge in [-0.3, -0.25) is 14.9 Å². The maximum absolute atomic E-state index is 11.9. The number of nitro benzene ring substituents is 1. The number of aromatic hydroxyl groups is 1. The second kappa shape index (κ2) is 5.12. The van der Waals surface area contributed by atoms with E-state index in [-0.39, 0.29) is 28.6 Å². The maximum atomic E-state index is 11.9. The Labute approximate surface area is 114 Å². The van der Waals surface area contributed by atoms with Crippen LogP contribution in [0, 0.1) is 10.1 Å². The molecule has 0 radical (unpaired) electrons. The Bertz CT molecular complexity index is 722. The number of aromatic amines is 1. The zero-order chi connectivity index (χ0) is 14.9. The van der Waals surface area contributed by atoms with Crippen LogP contribution < -0.4 is 5.56 Å². The number of rotatable bonds is 3. The lowest BCUT2D eigenvalue weighted by molar-refractivity contribution is -0.384. The summed E-state index contributed by atoms with van der Waals surface area (Å²) < 4.78 is 0. The molecule has 0 bridgehead atoms. The van der Waals surface area contributed by atoms with Gasteiger partial charge >= 0.3 is 0 Å². The highest BCUT2D eigenvalue weighted by atomic mass is 16.6. The molecule has 0 amide bonds. The lowest BCUT2D eigenvalue weighted by Gasteiger charge is -2.08. The normalized spacial score (nSPS) is 10.8. The van der Waals surface area contributed by atoms with E-state index in [4.69, 9.17) is 0 Å². The van der Waals surface area contributed by atoms with Gasteiger partial charge in [-0.1, -0.05) is 26.0 Å². The average molecular weight is 275 g/mol. The van der Waals surface area contributed by atoms with Gasteiger partial charge in [-0.05, 0) is 12.0 Å². The van der Waals surface area contributed by atoms with Crippen molar-refractivity contribution in [1.82, 2.24) is 9.97 Å². The molecule has 7 heteroatoms. The van der Waals surface area contributed by atoms with Crippen LogP contribution in [0.3, 0.4) is 0 Å². The minimum absolute atomic E-state index is 0.0239. The van der Waals surface area contributed by atoms with Gasteiger partial charge in [0.15, 0.2) is 5.82 Å². The summed E-state index contributed by atoms with van der Waals surface area (Å²) in [7, 11) is 0. The molecule has 0 unspecified atom stereocenters. The number of para-hydroxylation sites is 1. The first-order valence-corrected chi connectivity index (χ1v) is 5.98. The molecule has 1 aromatic carbocycles. The van der Waals surface area contributed by atoms with E-state index in [2.05, 4.69) is 9.97 Å². The molecule has 1 heterocycles. The predicted molar refractivity (Wildman–Crippen MR) is 72.7 cm³/mol. The molecular weight excluding hydrogens is 262 g/mol. The molecule has 2 aromatic rings. The largest absolute Gasteiger partial charge is 0.493 e. The van der Waals surface area contributed by atoms with Crippen molar-refractivity contribution in [2.24, 2.45) is 0 Å². The van der Waals surface area contributed by atoms with Gasteiger partial charge in [-0.25, -0.2) is 0 Å². The fourth-order valence-electron chi connectivity index (χ4n) is 1.95. The summed E-state index contributed by atoms with van der Waals surface area (Å²) in [5.74, 6) is -0.632. The quantitative estimate of drug-likeness (QED) is 0.659. The molecule has 20 heavy (non-hydrogen) atoms. The first-order chi connectivity index (χ1) is 9.41. The van der Waals surface area contributed by atoms with Gasteiger partial charge in [0.1, 0.15) is 0 Å². The molecule has 2 N–H and O–H groups in total. The number of aromatic nitrogens is 2. The topological polar surface area (TPSA) is 109 Å². The summed E-state index contributed by atoms with van der Waals surface area (Å²) in [4.78, 5) is 28.7. The van der Waals surface area contributed by atoms with Crippen LogP contribution in [0.1, 0.15) is 25.3 Å². The van der Waals surface area contributed by atoms with Crippen molar-refractivity contribution in [2.75, 3.05) is 0 Å². The number of H-pyrrole nitrogens is 1. The van der Waals surface area contributed by atoms with Crippen LogP contribution in [-0.4, -0.2) is 20.0 Å². The van der Waals surface area contributed by atoms with Gasteiger partial charge in [0.2, 0.25) is 5.88 Å². The van der Waals surface area contributed by atoms with E-state index in [0.29, 0.717) is 0 Å². The van der Waals surface area contributed by atoms with Crippen molar-refractivity contribution in [1.29, 1.82) is 0 Å². The number of hydrogen-bond acceptors (Lipinski definition) is 5. The van der Waals surface area contributed by atoms with Crippen LogP contribution in [0.4, 0.5) is 5.69 Å². The first-order valence-electron chi connectivity index (χ1n) is 5.98. The molecule has 0 aliphatic carbocycles. The number of nitrogens with one attached hydrogen (secondary N) is 1. The smallest absolute Gasteiger partial charge is 0.280 e. The summed E-state index contributed by atoms with van der Waals surface area (Å²) >= 11 is 0. The van der Waals surface area contributed by atoms with Gasteiger partial charge in [-0.2, -0.15) is 4.98 Å². The lowest BCUT2D eigenvalue weighted by atomic mass is 10.1. The van der Waals surface area contributed by atoms with Crippen LogP contribution in [0.25, 0.3) is 11.4 Å². The average Bonchev–Trinajstić information content (AvgIpc) is 2.37. The third-order valence-corrected chi connectivity index (χ3v) is 2.87. The van der Waals surface area contributed by atoms with E-state index >= 15 is 0 Å². The minimum atomic E-state index is -0.567. The van der Waals surface area contributed by atoms with Crippen LogP contribution in [-0.2, 0) is 0 Å². The minimum Gasteiger partial charge on any atom is -0.493 e. The summed E-state index contributed by atoms with van der Waals surface area (Å²) in [6.45, 7) is 3.49. The van der Waals surface area contributed by atoms with Crippen LogP contribution in [0.5, 0.6) is 5.88 Å². The Morgan fingerprint density at radius 1 is 1.35 bits per heavy atom. The van der Waals surface area contributed by atoms with E-state index in [0.717, 1.165) is 0 Å². The van der Waals surface area contributed by atoms with E-state index in [1.807, 2.05) is 0 Å². The Morgan fingerprint density at radius 3 is 2.55 bits per heavy atom. The van der Waals surface area contributed by atoms with Crippen LogP contribution in [0.15, 0.2) is 29.1 Å². The highest BCUT2D eigenvalue weighted by Crippen LogP contribution is 2.28. The first kappa shape index (κ1) is 13.7. The number of hydrogen-bond donors (Lipinski definition) is 2. The Kier molecular flexibility index (Phi) is 3.51. The van der Waals surface area contributed by atoms with E-state index in [1.165, 1.54) is 18.2 Å². The maximum Gasteiger partial charge on any atom is 0.280 e. The fourth-order valence-corrected chi connectivity index (χ4v) is 1.95. The number of benzene rings is 1. The molecular formula is C13H13N3O4. The second-order valence-corrected chi connectivity index (χ2v) is 4.58. The van der Waals surface area contributed by atoms with Crippen molar-refractivity contribution in [3.05, 3.63) is 50.3 Å². The molecule has 0 aliphatic rings. The van der Waals surface area contributed by atoms with Crippen molar-refractivity contribution in [3.8, 4) is 17.3 Å². The van der Waals surface area contributed by atoms with Crippen LogP contribution in [0.2, 0.25) is 0 Å².